The maximum atomic E-state index is 13.1. The summed E-state index contributed by atoms with van der Waals surface area (Å²) in [4.78, 5) is 57.4. The lowest BCUT2D eigenvalue weighted by Crippen LogP contribution is -2.74. The minimum Gasteiger partial charge on any atom is -0.503 e. The summed E-state index contributed by atoms with van der Waals surface area (Å²) in [5.74, 6) is -4.88. The molecule has 0 bridgehead atoms. The molecule has 1 aliphatic heterocycles. The molecule has 3 heterocycles. The lowest BCUT2D eigenvalue weighted by atomic mass is 9.98. The first kappa shape index (κ1) is 33.1. The number of carboxylic acids is 1. The van der Waals surface area contributed by atoms with Gasteiger partial charge in [0.15, 0.2) is 16.6 Å². The number of pyridine rings is 1. The zero-order valence-electron chi connectivity index (χ0n) is 21.9. The quantitative estimate of drug-likeness (QED) is 0.0338. The van der Waals surface area contributed by atoms with Crippen molar-refractivity contribution in [1.29, 1.82) is 0 Å². The third kappa shape index (κ3) is 7.73. The van der Waals surface area contributed by atoms with Gasteiger partial charge in [0.1, 0.15) is 11.7 Å². The summed E-state index contributed by atoms with van der Waals surface area (Å²) in [7, 11) is -9.80. The highest BCUT2D eigenvalue weighted by Gasteiger charge is 2.54. The average molecular weight is 669 g/mol. The molecule has 1 aliphatic rings. The Morgan fingerprint density at radius 2 is 1.88 bits per heavy atom. The van der Waals surface area contributed by atoms with Gasteiger partial charge in [-0.15, -0.1) is 11.3 Å². The highest BCUT2D eigenvalue weighted by atomic mass is 32.2. The number of aliphatic carboxylic acids is 1. The van der Waals surface area contributed by atoms with Gasteiger partial charge in [0.25, 0.3) is 22.0 Å². The molecule has 2 aromatic rings. The second kappa shape index (κ2) is 12.1. The van der Waals surface area contributed by atoms with Gasteiger partial charge < -0.3 is 31.3 Å². The molecule has 1 saturated heterocycles. The van der Waals surface area contributed by atoms with Gasteiger partial charge in [-0.25, -0.2) is 18.8 Å². The summed E-state index contributed by atoms with van der Waals surface area (Å²) < 4.78 is 62.0. The number of hydrogen-bond donors (Lipinski definition) is 8. The van der Waals surface area contributed by atoms with Crippen molar-refractivity contribution in [3.8, 4) is 5.75 Å². The first-order chi connectivity index (χ1) is 19.7. The van der Waals surface area contributed by atoms with Gasteiger partial charge >= 0.3 is 16.3 Å². The molecule has 43 heavy (non-hydrogen) atoms. The van der Waals surface area contributed by atoms with E-state index in [9.17, 15) is 56.0 Å². The van der Waals surface area contributed by atoms with E-state index in [0.717, 1.165) is 31.3 Å². The first-order valence-electron chi connectivity index (χ1n) is 11.4. The Labute approximate surface area is 245 Å². The Kier molecular flexibility index (Phi) is 9.32. The number of carbonyl (C=O) groups excluding carboxylic acids is 2. The number of oxime groups is 1. The van der Waals surface area contributed by atoms with Crippen molar-refractivity contribution < 1.29 is 56.0 Å². The fourth-order valence-corrected chi connectivity index (χ4v) is 5.53. The monoisotopic (exact) mass is 668 g/mol. The summed E-state index contributed by atoms with van der Waals surface area (Å²) in [5.41, 5.74) is 1.53. The lowest BCUT2D eigenvalue weighted by molar-refractivity contribution is -0.161. The van der Waals surface area contributed by atoms with Crippen LogP contribution in [-0.4, -0.2) is 98.6 Å². The van der Waals surface area contributed by atoms with E-state index >= 15 is 0 Å². The molecule has 9 N–H and O–H groups in total. The second-order valence-corrected chi connectivity index (χ2v) is 12.8. The molecule has 2 atom stereocenters. The van der Waals surface area contributed by atoms with E-state index in [1.165, 1.54) is 5.38 Å². The van der Waals surface area contributed by atoms with Crippen LogP contribution < -0.4 is 25.9 Å². The van der Waals surface area contributed by atoms with Crippen molar-refractivity contribution in [2.24, 2.45) is 5.16 Å². The van der Waals surface area contributed by atoms with Crippen LogP contribution in [0.15, 0.2) is 27.6 Å². The van der Waals surface area contributed by atoms with E-state index in [0.29, 0.717) is 6.20 Å². The van der Waals surface area contributed by atoms with Crippen molar-refractivity contribution in [3.63, 3.8) is 0 Å². The number of β-lactam (4-membered cyclic amide) rings is 1. The van der Waals surface area contributed by atoms with Gasteiger partial charge in [-0.2, -0.15) is 26.3 Å². The number of carbonyl (C=O) groups is 3. The van der Waals surface area contributed by atoms with Crippen LogP contribution in [0.1, 0.15) is 25.2 Å². The minimum atomic E-state index is -5.24. The zero-order chi connectivity index (χ0) is 32.5. The predicted molar refractivity (Wildman–Crippen MR) is 143 cm³/mol. The van der Waals surface area contributed by atoms with Crippen LogP contribution in [0.2, 0.25) is 0 Å². The molecule has 0 aliphatic carbocycles. The van der Waals surface area contributed by atoms with E-state index in [4.69, 9.17) is 10.6 Å². The summed E-state index contributed by atoms with van der Waals surface area (Å²) in [6.45, 7) is 0.615. The summed E-state index contributed by atoms with van der Waals surface area (Å²) in [6.07, 6.45) is 0.613. The Balaban J connectivity index is 1.80. The number of aromatic nitrogens is 2. The van der Waals surface area contributed by atoms with Gasteiger partial charge in [-0.3, -0.25) is 18.9 Å². The van der Waals surface area contributed by atoms with E-state index < -0.39 is 86.0 Å². The SMILES string of the molecule is CC(C)(ON=C(C(=O)N[C@@H]1C(=O)N(S(=O)(=O)O)[C@@H]1CNS(=O)(=O)NCc1cc(=O)c(O)cn1O)c1csc(N)n1)C(=O)O. The molecule has 0 unspecified atom stereocenters. The molecule has 3 rings (SSSR count). The second-order valence-electron chi connectivity index (χ2n) is 9.08. The minimum absolute atomic E-state index is 0.0319. The molecule has 236 valence electrons. The van der Waals surface area contributed by atoms with E-state index in [1.54, 1.807) is 0 Å². The number of nitrogens with zero attached hydrogens (tertiary/aromatic N) is 4. The van der Waals surface area contributed by atoms with Crippen LogP contribution in [0.4, 0.5) is 5.13 Å². The van der Waals surface area contributed by atoms with Gasteiger partial charge in [0, 0.05) is 18.0 Å². The predicted octanol–water partition coefficient (Wildman–Crippen LogP) is -3.46. The molecule has 0 radical (unpaired) electrons. The summed E-state index contributed by atoms with van der Waals surface area (Å²) >= 11 is 0.865. The standard InChI is InChI=1S/C19H24N8O13S3/c1-19(2,17(32)33)40-25-13(9-7-41-18(20)23-9)15(30)24-14-10(27(16(14)31)43(37,38)39)5-22-42(35,36)21-4-8-3-11(28)12(29)6-26(8)34/h3,6-7,10,14,21-22,29,34H,4-5H2,1-2H3,(H2,20,23)(H,24,30)(H,32,33)(H,37,38,39)/t10-,14+/m1/s1. The molecule has 1 fully saturated rings. The lowest BCUT2D eigenvalue weighted by Gasteiger charge is -2.44. The summed E-state index contributed by atoms with van der Waals surface area (Å²) in [5, 5.41) is 35.1. The Hall–Kier alpha value is -4.36. The topological polar surface area (TPSA) is 322 Å². The molecular weight excluding hydrogens is 644 g/mol. The number of aromatic hydroxyl groups is 1. The fourth-order valence-electron chi connectivity index (χ4n) is 3.27. The Bertz CT molecular complexity index is 1750. The normalized spacial score (nSPS) is 17.8. The van der Waals surface area contributed by atoms with Crippen LogP contribution in [0.25, 0.3) is 0 Å². The maximum absolute atomic E-state index is 13.1. The number of thiazole rings is 1. The van der Waals surface area contributed by atoms with Crippen LogP contribution in [0.5, 0.6) is 5.75 Å². The van der Waals surface area contributed by atoms with Crippen LogP contribution >= 0.6 is 11.3 Å². The van der Waals surface area contributed by atoms with E-state index in [1.807, 2.05) is 9.44 Å². The Morgan fingerprint density at radius 3 is 2.44 bits per heavy atom. The number of amides is 2. The molecule has 0 saturated carbocycles. The number of hydrogen-bond acceptors (Lipinski definition) is 15. The largest absolute Gasteiger partial charge is 0.503 e. The Morgan fingerprint density at radius 1 is 1.23 bits per heavy atom. The number of nitrogens with one attached hydrogen (secondary N) is 3. The maximum Gasteiger partial charge on any atom is 0.362 e. The van der Waals surface area contributed by atoms with Crippen molar-refractivity contribution in [3.05, 3.63) is 39.3 Å². The van der Waals surface area contributed by atoms with Crippen molar-refractivity contribution in [2.75, 3.05) is 12.3 Å². The van der Waals surface area contributed by atoms with Gasteiger partial charge in [-0.1, -0.05) is 5.16 Å². The highest BCUT2D eigenvalue weighted by molar-refractivity contribution is 7.87. The molecule has 0 aromatic carbocycles. The van der Waals surface area contributed by atoms with E-state index in [-0.39, 0.29) is 25.6 Å². The highest BCUT2D eigenvalue weighted by Crippen LogP contribution is 2.24. The average Bonchev–Trinajstić information content (AvgIpc) is 3.31. The zero-order valence-corrected chi connectivity index (χ0v) is 24.3. The number of carboxylic acid groups (broad SMARTS) is 1. The van der Waals surface area contributed by atoms with E-state index in [2.05, 4.69) is 15.5 Å². The molecular formula is C19H24N8O13S3. The number of nitrogens with two attached hydrogens (primary N) is 1. The van der Waals surface area contributed by atoms with Crippen molar-refractivity contribution in [1.82, 2.24) is 28.8 Å². The smallest absolute Gasteiger partial charge is 0.362 e. The van der Waals surface area contributed by atoms with Gasteiger partial charge in [0.05, 0.1) is 24.5 Å². The third-order valence-corrected chi connectivity index (χ3v) is 8.27. The number of rotatable bonds is 13. The molecule has 2 aromatic heterocycles. The number of anilines is 1. The van der Waals surface area contributed by atoms with Crippen molar-refractivity contribution >= 4 is 60.5 Å². The van der Waals surface area contributed by atoms with Crippen LogP contribution in [0.3, 0.4) is 0 Å². The van der Waals surface area contributed by atoms with Gasteiger partial charge in [-0.05, 0) is 13.8 Å². The van der Waals surface area contributed by atoms with Crippen LogP contribution in [0, 0.1) is 0 Å². The first-order valence-corrected chi connectivity index (χ1v) is 15.2. The summed E-state index contributed by atoms with van der Waals surface area (Å²) in [6, 6.07) is -2.78. The molecule has 2 amide bonds. The van der Waals surface area contributed by atoms with Crippen molar-refractivity contribution in [2.45, 2.75) is 38.1 Å². The molecule has 24 heteroatoms. The number of nitrogen functional groups attached to an aromatic ring is 1. The van der Waals surface area contributed by atoms with Gasteiger partial charge in [0.2, 0.25) is 11.0 Å². The third-order valence-electron chi connectivity index (χ3n) is 5.58. The fraction of sp³-hybridized carbons (Fsp3) is 0.368. The molecule has 21 nitrogen and oxygen atoms in total. The molecule has 0 spiro atoms. The van der Waals surface area contributed by atoms with Crippen LogP contribution in [-0.2, 0) is 46.3 Å².